The van der Waals surface area contributed by atoms with Crippen molar-refractivity contribution in [2.75, 3.05) is 31.1 Å². The van der Waals surface area contributed by atoms with Gasteiger partial charge in [0.05, 0.1) is 12.1 Å². The van der Waals surface area contributed by atoms with Crippen molar-refractivity contribution in [1.82, 2.24) is 15.4 Å². The number of amides is 1. The fraction of sp³-hybridized carbons (Fsp3) is 0.778. The summed E-state index contributed by atoms with van der Waals surface area (Å²) < 4.78 is 5.12. The largest absolute Gasteiger partial charge is 0.361 e. The van der Waals surface area contributed by atoms with Gasteiger partial charge in [0.2, 0.25) is 5.91 Å². The molecule has 3 rings (SSSR count). The number of piperidine rings is 1. The molecular weight excluding hydrogens is 322 g/mol. The van der Waals surface area contributed by atoms with E-state index in [-0.39, 0.29) is 5.91 Å². The van der Waals surface area contributed by atoms with E-state index in [4.69, 9.17) is 4.52 Å². The predicted octanol–water partition coefficient (Wildman–Crippen LogP) is 2.56. The number of hydrogen-bond acceptors (Lipinski definition) is 5. The van der Waals surface area contributed by atoms with E-state index in [0.29, 0.717) is 12.3 Å². The topological polar surface area (TPSA) is 58.4 Å². The summed E-state index contributed by atoms with van der Waals surface area (Å²) >= 11 is 2.09. The van der Waals surface area contributed by atoms with Gasteiger partial charge in [-0.25, -0.2) is 0 Å². The van der Waals surface area contributed by atoms with E-state index < -0.39 is 0 Å². The molecule has 24 heavy (non-hydrogen) atoms. The number of carbonyl (C=O) groups excluding carboxylic acids is 1. The zero-order chi connectivity index (χ0) is 16.9. The van der Waals surface area contributed by atoms with Crippen LogP contribution in [-0.4, -0.2) is 53.1 Å². The molecule has 2 aliphatic rings. The summed E-state index contributed by atoms with van der Waals surface area (Å²) in [5.41, 5.74) is 1.75. The van der Waals surface area contributed by atoms with Crippen LogP contribution in [0.25, 0.3) is 0 Å². The van der Waals surface area contributed by atoms with Gasteiger partial charge in [-0.2, -0.15) is 11.8 Å². The smallest absolute Gasteiger partial charge is 0.224 e. The molecule has 6 heteroatoms. The van der Waals surface area contributed by atoms with Crippen molar-refractivity contribution < 1.29 is 9.32 Å². The second-order valence-electron chi connectivity index (χ2n) is 7.11. The van der Waals surface area contributed by atoms with Crippen LogP contribution < -0.4 is 5.32 Å². The van der Waals surface area contributed by atoms with E-state index in [0.717, 1.165) is 29.6 Å². The van der Waals surface area contributed by atoms with E-state index >= 15 is 0 Å². The number of hydrogen-bond donors (Lipinski definition) is 1. The van der Waals surface area contributed by atoms with E-state index in [1.807, 2.05) is 13.8 Å². The summed E-state index contributed by atoms with van der Waals surface area (Å²) in [4.78, 5) is 14.9. The molecular formula is C18H29N3O2S. The van der Waals surface area contributed by atoms with Gasteiger partial charge in [-0.1, -0.05) is 5.16 Å². The molecule has 0 spiro atoms. The number of nitrogens with zero attached hydrogens (tertiary/aromatic N) is 2. The van der Waals surface area contributed by atoms with Crippen molar-refractivity contribution in [2.45, 2.75) is 52.0 Å². The van der Waals surface area contributed by atoms with Crippen molar-refractivity contribution in [3.8, 4) is 0 Å². The normalized spacial score (nSPS) is 21.1. The van der Waals surface area contributed by atoms with E-state index in [9.17, 15) is 4.79 Å². The molecule has 0 unspecified atom stereocenters. The minimum Gasteiger partial charge on any atom is -0.361 e. The van der Waals surface area contributed by atoms with Crippen LogP contribution in [0, 0.1) is 19.8 Å². The Hall–Kier alpha value is -1.01. The number of nitrogens with one attached hydrogen (secondary N) is 1. The summed E-state index contributed by atoms with van der Waals surface area (Å²) in [6.45, 7) is 6.94. The van der Waals surface area contributed by atoms with Crippen LogP contribution in [0.5, 0.6) is 0 Å². The molecule has 2 fully saturated rings. The van der Waals surface area contributed by atoms with Crippen molar-refractivity contribution in [1.29, 1.82) is 0 Å². The SMILES string of the molecule is Cc1noc(C)c1CC(=O)NCC1CCN(C2CCSCC2)CC1. The lowest BCUT2D eigenvalue weighted by atomic mass is 9.94. The van der Waals surface area contributed by atoms with Crippen molar-refractivity contribution in [2.24, 2.45) is 5.92 Å². The molecule has 0 bridgehead atoms. The molecule has 1 amide bonds. The van der Waals surface area contributed by atoms with Crippen molar-refractivity contribution in [3.63, 3.8) is 0 Å². The molecule has 1 N–H and O–H groups in total. The van der Waals surface area contributed by atoms with E-state index in [1.54, 1.807) is 0 Å². The summed E-state index contributed by atoms with van der Waals surface area (Å²) in [7, 11) is 0. The Labute approximate surface area is 148 Å². The molecule has 0 aliphatic carbocycles. The van der Waals surface area contributed by atoms with Crippen LogP contribution in [0.2, 0.25) is 0 Å². The van der Waals surface area contributed by atoms with Gasteiger partial charge in [-0.05, 0) is 70.0 Å². The Morgan fingerprint density at radius 3 is 2.58 bits per heavy atom. The number of likely N-dealkylation sites (tertiary alicyclic amines) is 1. The monoisotopic (exact) mass is 351 g/mol. The minimum atomic E-state index is 0.0798. The van der Waals surface area contributed by atoms with E-state index in [1.165, 1.54) is 50.3 Å². The lowest BCUT2D eigenvalue weighted by Crippen LogP contribution is -2.45. The Bertz CT molecular complexity index is 527. The van der Waals surface area contributed by atoms with Crippen LogP contribution >= 0.6 is 11.8 Å². The third-order valence-electron chi connectivity index (χ3n) is 5.46. The fourth-order valence-corrected chi connectivity index (χ4v) is 4.89. The van der Waals surface area contributed by atoms with E-state index in [2.05, 4.69) is 27.1 Å². The number of rotatable bonds is 5. The standard InChI is InChI=1S/C18H29N3O2S/c1-13-17(14(2)23-20-13)11-18(22)19-12-15-3-7-21(8-4-15)16-5-9-24-10-6-16/h15-16H,3-12H2,1-2H3,(H,19,22). The number of aryl methyl sites for hydroxylation is 2. The summed E-state index contributed by atoms with van der Waals surface area (Å²) in [6, 6.07) is 0.807. The first-order valence-corrected chi connectivity index (χ1v) is 10.3. The zero-order valence-electron chi connectivity index (χ0n) is 14.8. The lowest BCUT2D eigenvalue weighted by molar-refractivity contribution is -0.120. The van der Waals surface area contributed by atoms with Gasteiger partial charge in [0, 0.05) is 18.2 Å². The quantitative estimate of drug-likeness (QED) is 0.883. The summed E-state index contributed by atoms with van der Waals surface area (Å²) in [5.74, 6) is 4.09. The summed E-state index contributed by atoms with van der Waals surface area (Å²) in [5, 5.41) is 7.02. The molecule has 1 aromatic rings. The van der Waals surface area contributed by atoms with Crippen LogP contribution in [0.1, 0.15) is 42.7 Å². The van der Waals surface area contributed by atoms with Crippen LogP contribution in [0.3, 0.4) is 0 Å². The number of aromatic nitrogens is 1. The van der Waals surface area contributed by atoms with Crippen LogP contribution in [0.15, 0.2) is 4.52 Å². The maximum atomic E-state index is 12.2. The number of thioether (sulfide) groups is 1. The molecule has 134 valence electrons. The zero-order valence-corrected chi connectivity index (χ0v) is 15.7. The molecule has 0 radical (unpaired) electrons. The van der Waals surface area contributed by atoms with Crippen LogP contribution in [-0.2, 0) is 11.2 Å². The first-order chi connectivity index (χ1) is 11.6. The predicted molar refractivity (Wildman–Crippen MR) is 97.3 cm³/mol. The Morgan fingerprint density at radius 1 is 1.25 bits per heavy atom. The van der Waals surface area contributed by atoms with Crippen molar-refractivity contribution in [3.05, 3.63) is 17.0 Å². The van der Waals surface area contributed by atoms with Gasteiger partial charge >= 0.3 is 0 Å². The molecule has 1 aromatic heterocycles. The third kappa shape index (κ3) is 4.54. The van der Waals surface area contributed by atoms with Crippen molar-refractivity contribution >= 4 is 17.7 Å². The highest BCUT2D eigenvalue weighted by molar-refractivity contribution is 7.99. The highest BCUT2D eigenvalue weighted by Crippen LogP contribution is 2.26. The average molecular weight is 352 g/mol. The Balaban J connectivity index is 1.38. The molecule has 3 heterocycles. The highest BCUT2D eigenvalue weighted by atomic mass is 32.2. The maximum absolute atomic E-state index is 12.2. The van der Waals surface area contributed by atoms with Gasteiger partial charge < -0.3 is 14.7 Å². The number of carbonyl (C=O) groups is 1. The molecule has 0 atom stereocenters. The van der Waals surface area contributed by atoms with Gasteiger partial charge in [0.25, 0.3) is 0 Å². The van der Waals surface area contributed by atoms with Gasteiger partial charge in [0.15, 0.2) is 0 Å². The lowest BCUT2D eigenvalue weighted by Gasteiger charge is -2.39. The second kappa shape index (κ2) is 8.39. The molecule has 0 saturated carbocycles. The molecule has 0 aromatic carbocycles. The van der Waals surface area contributed by atoms with Gasteiger partial charge in [-0.3, -0.25) is 4.79 Å². The minimum absolute atomic E-state index is 0.0798. The fourth-order valence-electron chi connectivity index (χ4n) is 3.81. The molecule has 2 saturated heterocycles. The summed E-state index contributed by atoms with van der Waals surface area (Å²) in [6.07, 6.45) is 5.48. The Kier molecular flexibility index (Phi) is 6.22. The first-order valence-electron chi connectivity index (χ1n) is 9.13. The Morgan fingerprint density at radius 2 is 1.96 bits per heavy atom. The maximum Gasteiger partial charge on any atom is 0.224 e. The van der Waals surface area contributed by atoms with Crippen LogP contribution in [0.4, 0.5) is 0 Å². The third-order valence-corrected chi connectivity index (χ3v) is 6.51. The molecule has 2 aliphatic heterocycles. The highest BCUT2D eigenvalue weighted by Gasteiger charge is 2.26. The van der Waals surface area contributed by atoms with Gasteiger partial charge in [-0.15, -0.1) is 0 Å². The molecule has 5 nitrogen and oxygen atoms in total. The second-order valence-corrected chi connectivity index (χ2v) is 8.33. The average Bonchev–Trinajstić information content (AvgIpc) is 2.93. The van der Waals surface area contributed by atoms with Gasteiger partial charge in [0.1, 0.15) is 5.76 Å². The first kappa shape index (κ1) is 17.8.